The van der Waals surface area contributed by atoms with Crippen LogP contribution in [0, 0.1) is 0 Å². The summed E-state index contributed by atoms with van der Waals surface area (Å²) in [7, 11) is 9.81. The first-order valence-corrected chi connectivity index (χ1v) is 23.6. The van der Waals surface area contributed by atoms with Crippen LogP contribution in [0.1, 0.15) is 11.1 Å². The van der Waals surface area contributed by atoms with E-state index in [0.717, 1.165) is 84.8 Å². The molecular formula is C51H62N16O2. The van der Waals surface area contributed by atoms with Crippen molar-refractivity contribution < 1.29 is 9.59 Å². The number of fused-ring (bicyclic) bond motifs is 12. The van der Waals surface area contributed by atoms with Gasteiger partial charge in [-0.25, -0.2) is 29.9 Å². The molecule has 0 radical (unpaired) electrons. The highest BCUT2D eigenvalue weighted by molar-refractivity contribution is 5.82. The Labute approximate surface area is 404 Å². The van der Waals surface area contributed by atoms with E-state index >= 15 is 0 Å². The lowest BCUT2D eigenvalue weighted by atomic mass is 10.1. The van der Waals surface area contributed by atoms with Crippen molar-refractivity contribution in [3.63, 3.8) is 0 Å². The Kier molecular flexibility index (Phi) is 14.6. The summed E-state index contributed by atoms with van der Waals surface area (Å²) in [6, 6.07) is 28.0. The molecule has 4 aromatic heterocycles. The maximum atomic E-state index is 13.3. The minimum Gasteiger partial charge on any atom is -0.358 e. The number of nitrogens with zero attached hydrogens (tertiary/aromatic N) is 13. The lowest BCUT2D eigenvalue weighted by Crippen LogP contribution is -2.57. The van der Waals surface area contributed by atoms with Crippen LogP contribution in [0.3, 0.4) is 0 Å². The molecule has 6 aromatic rings. The Bertz CT molecular complexity index is 2700. The quantitative estimate of drug-likeness (QED) is 0.197. The molecule has 4 unspecified atom stereocenters. The van der Waals surface area contributed by atoms with Crippen LogP contribution in [-0.2, 0) is 22.7 Å². The fourth-order valence-corrected chi connectivity index (χ4v) is 8.99. The molecule has 4 atom stereocenters. The number of likely N-dealkylation sites (N-methyl/N-ethyl adjacent to an activating group) is 5. The molecule has 2 fully saturated rings. The fourth-order valence-electron chi connectivity index (χ4n) is 8.99. The predicted molar refractivity (Wildman–Crippen MR) is 271 cm³/mol. The van der Waals surface area contributed by atoms with Crippen molar-refractivity contribution in [1.82, 2.24) is 59.7 Å². The molecule has 0 spiro atoms. The fraction of sp³-hybridized carbons (Fsp3) is 0.373. The van der Waals surface area contributed by atoms with E-state index in [-0.39, 0.29) is 23.9 Å². The second kappa shape index (κ2) is 21.5. The minimum atomic E-state index is -0.204. The van der Waals surface area contributed by atoms with Gasteiger partial charge in [0.1, 0.15) is 17.7 Å². The number of benzene rings is 2. The third kappa shape index (κ3) is 11.8. The van der Waals surface area contributed by atoms with Crippen LogP contribution in [0.15, 0.2) is 110 Å². The molecule has 0 saturated carbocycles. The van der Waals surface area contributed by atoms with Crippen LogP contribution in [0.4, 0.5) is 34.9 Å². The maximum Gasteiger partial charge on any atom is 0.241 e. The van der Waals surface area contributed by atoms with E-state index in [9.17, 15) is 9.59 Å². The van der Waals surface area contributed by atoms with Gasteiger partial charge in [0, 0.05) is 154 Å². The second-order valence-electron chi connectivity index (χ2n) is 18.3. The third-order valence-electron chi connectivity index (χ3n) is 13.2. The smallest absolute Gasteiger partial charge is 0.241 e. The molecule has 2 saturated heterocycles. The molecule has 0 aliphatic carbocycles. The van der Waals surface area contributed by atoms with Gasteiger partial charge < -0.3 is 35.6 Å². The molecule has 2 amide bonds. The molecule has 16 bridgehead atoms. The normalized spacial score (nSPS) is 21.3. The Morgan fingerprint density at radius 1 is 0.522 bits per heavy atom. The van der Waals surface area contributed by atoms with Gasteiger partial charge in [0.2, 0.25) is 23.7 Å². The molecule has 10 heterocycles. The summed E-state index contributed by atoms with van der Waals surface area (Å²) < 4.78 is 0. The highest BCUT2D eigenvalue weighted by Crippen LogP contribution is 2.25. The number of hydrogen-bond donors (Lipinski definition) is 3. The predicted octanol–water partition coefficient (Wildman–Crippen LogP) is 4.27. The number of amides is 2. The number of carbonyl (C=O) groups is 2. The van der Waals surface area contributed by atoms with Crippen molar-refractivity contribution in [2.45, 2.75) is 25.2 Å². The van der Waals surface area contributed by atoms with E-state index in [1.165, 1.54) is 11.1 Å². The average Bonchev–Trinajstić information content (AvgIpc) is 3.37. The van der Waals surface area contributed by atoms with Crippen molar-refractivity contribution in [2.75, 3.05) is 121 Å². The molecule has 358 valence electrons. The third-order valence-corrected chi connectivity index (χ3v) is 13.2. The Hall–Kier alpha value is -7.12. The summed E-state index contributed by atoms with van der Waals surface area (Å²) >= 11 is 0. The molecule has 12 rings (SSSR count). The van der Waals surface area contributed by atoms with Gasteiger partial charge in [0.15, 0.2) is 0 Å². The number of nitrogens with one attached hydrogen (secondary N) is 3. The van der Waals surface area contributed by atoms with E-state index < -0.39 is 0 Å². The minimum absolute atomic E-state index is 0.127. The standard InChI is InChI=1S/C26H32N8O.C25H30N8O/c1-31-13-14-34-17-19-5-4-6-21(15-19)29-26-27-10-9-22(30-26)20-7-8-24(28-16-20)32(2)11-12-33(3)25(35)23(31)18-34;1-31-12-13-32(2)24(34)22-17-33(11-10-26-22)16-18-4-3-5-20(14-18)29-25-27-9-8-21(30-25)19-6-7-23(31)28-15-19/h4-10,15-16,23H,11-14,17-18H2,1-3H3,(H,27,29,30);3-9,14-15,22,26H,10-13,16-17H2,1-2H3,(H,27,29,30). The van der Waals surface area contributed by atoms with Crippen LogP contribution in [0.2, 0.25) is 0 Å². The first-order chi connectivity index (χ1) is 33.5. The number of carbonyl (C=O) groups excluding carboxylic acids is 2. The largest absolute Gasteiger partial charge is 0.358 e. The summed E-state index contributed by atoms with van der Waals surface area (Å²) in [5.74, 6) is 3.08. The average molecular weight is 931 g/mol. The van der Waals surface area contributed by atoms with Crippen molar-refractivity contribution in [2.24, 2.45) is 0 Å². The first kappa shape index (κ1) is 47.0. The van der Waals surface area contributed by atoms with Crippen LogP contribution >= 0.6 is 0 Å². The molecule has 18 heteroatoms. The van der Waals surface area contributed by atoms with Crippen molar-refractivity contribution in [1.29, 1.82) is 0 Å². The van der Waals surface area contributed by atoms with Gasteiger partial charge in [-0.3, -0.25) is 24.3 Å². The summed E-state index contributed by atoms with van der Waals surface area (Å²) in [6.45, 7) is 9.10. The summed E-state index contributed by atoms with van der Waals surface area (Å²) in [4.78, 5) is 68.6. The number of pyridine rings is 2. The van der Waals surface area contributed by atoms with Gasteiger partial charge in [0.25, 0.3) is 0 Å². The summed E-state index contributed by atoms with van der Waals surface area (Å²) in [5.41, 5.74) is 7.69. The van der Waals surface area contributed by atoms with Crippen molar-refractivity contribution in [3.05, 3.63) is 121 Å². The number of rotatable bonds is 0. The molecular weight excluding hydrogens is 869 g/mol. The van der Waals surface area contributed by atoms with Crippen LogP contribution < -0.4 is 25.8 Å². The van der Waals surface area contributed by atoms with Crippen LogP contribution in [-0.4, -0.2) is 179 Å². The van der Waals surface area contributed by atoms with E-state index in [4.69, 9.17) is 9.97 Å². The van der Waals surface area contributed by atoms with E-state index in [0.29, 0.717) is 51.2 Å². The van der Waals surface area contributed by atoms with Crippen molar-refractivity contribution in [3.8, 4) is 22.5 Å². The van der Waals surface area contributed by atoms with Crippen molar-refractivity contribution >= 4 is 46.7 Å². The van der Waals surface area contributed by atoms with Gasteiger partial charge in [-0.1, -0.05) is 24.3 Å². The highest BCUT2D eigenvalue weighted by atomic mass is 16.2. The number of aromatic nitrogens is 6. The number of anilines is 6. The van der Waals surface area contributed by atoms with E-state index in [1.54, 1.807) is 12.4 Å². The number of hydrogen-bond acceptors (Lipinski definition) is 16. The monoisotopic (exact) mass is 931 g/mol. The maximum absolute atomic E-state index is 13.3. The topological polar surface area (TPSA) is 170 Å². The van der Waals surface area contributed by atoms with E-state index in [2.05, 4.69) is 84.7 Å². The lowest BCUT2D eigenvalue weighted by molar-refractivity contribution is -0.137. The van der Waals surface area contributed by atoms with Gasteiger partial charge in [-0.05, 0) is 78.8 Å². The summed E-state index contributed by atoms with van der Waals surface area (Å²) in [6.07, 6.45) is 7.18. The highest BCUT2D eigenvalue weighted by Gasteiger charge is 2.32. The second-order valence-corrected chi connectivity index (χ2v) is 18.3. The van der Waals surface area contributed by atoms with Crippen LogP contribution in [0.5, 0.6) is 0 Å². The van der Waals surface area contributed by atoms with Gasteiger partial charge >= 0.3 is 0 Å². The van der Waals surface area contributed by atoms with Crippen LogP contribution in [0.25, 0.3) is 22.5 Å². The molecule has 6 aliphatic rings. The zero-order chi connectivity index (χ0) is 47.9. The lowest BCUT2D eigenvalue weighted by Gasteiger charge is -2.40. The van der Waals surface area contributed by atoms with Gasteiger partial charge in [0.05, 0.1) is 17.4 Å². The SMILES string of the molecule is CN1CCN(C)c2ccc(cn2)-c2ccnc(n2)Nc2cccc(c2)CN2CCN(C)C(C2)C1=O.CN1CCN(C)c2ccc(cn2)-c2ccnc(n2)Nc2cccc(c2)CN2CCNC(C2)C1=O. The molecule has 6 aliphatic heterocycles. The zero-order valence-electron chi connectivity index (χ0n) is 40.2. The Balaban J connectivity index is 0.000000172. The molecule has 3 N–H and O–H groups in total. The first-order valence-electron chi connectivity index (χ1n) is 23.6. The molecule has 18 nitrogen and oxygen atoms in total. The van der Waals surface area contributed by atoms with Gasteiger partial charge in [-0.15, -0.1) is 0 Å². The zero-order valence-corrected chi connectivity index (χ0v) is 40.2. The molecule has 69 heavy (non-hydrogen) atoms. The summed E-state index contributed by atoms with van der Waals surface area (Å²) in [5, 5.41) is 10.1. The molecule has 2 aromatic carbocycles. The Morgan fingerprint density at radius 2 is 1.04 bits per heavy atom. The van der Waals surface area contributed by atoms with Gasteiger partial charge in [-0.2, -0.15) is 0 Å². The Morgan fingerprint density at radius 3 is 1.58 bits per heavy atom. The van der Waals surface area contributed by atoms with E-state index in [1.807, 2.05) is 118 Å². The number of piperazine rings is 2.